The lowest BCUT2D eigenvalue weighted by molar-refractivity contribution is 0.300. The van der Waals surface area contributed by atoms with Crippen LogP contribution in [0.1, 0.15) is 25.5 Å². The molecule has 2 rings (SSSR count). The number of fused-ring (bicyclic) bond motifs is 1. The molecular weight excluding hydrogens is 222 g/mol. The Kier molecular flexibility index (Phi) is 3.22. The van der Waals surface area contributed by atoms with Crippen LogP contribution in [0.5, 0.6) is 0 Å². The summed E-state index contributed by atoms with van der Waals surface area (Å²) in [6, 6.07) is 6.33. The summed E-state index contributed by atoms with van der Waals surface area (Å²) in [6.07, 6.45) is 2.79. The van der Waals surface area contributed by atoms with Crippen LogP contribution >= 0.6 is 11.6 Å². The maximum Gasteiger partial charge on any atom is 0.0486 e. The first kappa shape index (κ1) is 11.5. The minimum Gasteiger partial charge on any atom is -0.396 e. The molecule has 0 radical (unpaired) electrons. The lowest BCUT2D eigenvalue weighted by Gasteiger charge is -2.08. The second-order valence-corrected chi connectivity index (χ2v) is 4.73. The molecule has 0 bridgehead atoms. The first-order chi connectivity index (χ1) is 7.63. The number of aromatic nitrogens is 1. The average Bonchev–Trinajstić information content (AvgIpc) is 2.58. The predicted molar refractivity (Wildman–Crippen MR) is 68.1 cm³/mol. The molecule has 0 spiro atoms. The Balaban J connectivity index is 2.66. The summed E-state index contributed by atoms with van der Waals surface area (Å²) in [7, 11) is 0. The van der Waals surface area contributed by atoms with Gasteiger partial charge in [0.15, 0.2) is 0 Å². The van der Waals surface area contributed by atoms with Crippen LogP contribution in [0.15, 0.2) is 24.4 Å². The Morgan fingerprint density at radius 3 is 2.75 bits per heavy atom. The summed E-state index contributed by atoms with van der Waals surface area (Å²) in [5.41, 5.74) is 2.34. The maximum absolute atomic E-state index is 9.05. The summed E-state index contributed by atoms with van der Waals surface area (Å²) in [4.78, 5) is 0. The van der Waals surface area contributed by atoms with Crippen LogP contribution in [0, 0.1) is 0 Å². The Morgan fingerprint density at radius 1 is 1.38 bits per heavy atom. The highest BCUT2D eigenvalue weighted by Crippen LogP contribution is 2.27. The molecule has 2 nitrogen and oxygen atoms in total. The molecule has 0 atom stereocenters. The van der Waals surface area contributed by atoms with Crippen LogP contribution in [0.3, 0.4) is 0 Å². The minimum atomic E-state index is 0.170. The molecule has 0 aliphatic heterocycles. The highest BCUT2D eigenvalue weighted by Gasteiger charge is 2.10. The summed E-state index contributed by atoms with van der Waals surface area (Å²) in [6.45, 7) is 4.47. The molecule has 86 valence electrons. The molecule has 1 heterocycles. The molecule has 3 heteroatoms. The van der Waals surface area contributed by atoms with E-state index in [1.54, 1.807) is 0 Å². The van der Waals surface area contributed by atoms with E-state index in [0.29, 0.717) is 12.5 Å². The Bertz CT molecular complexity index is 502. The quantitative estimate of drug-likeness (QED) is 0.870. The standard InChI is InChI=1S/C13H16ClNO/c1-9(2)15-8-10(5-6-16)12-7-11(14)3-4-13(12)15/h3-4,7-9,16H,5-6H2,1-2H3. The first-order valence-corrected chi connectivity index (χ1v) is 5.91. The number of hydrogen-bond donors (Lipinski definition) is 1. The van der Waals surface area contributed by atoms with Crippen molar-refractivity contribution in [1.82, 2.24) is 4.57 Å². The van der Waals surface area contributed by atoms with Gasteiger partial charge in [0.25, 0.3) is 0 Å². The van der Waals surface area contributed by atoms with E-state index in [4.69, 9.17) is 16.7 Å². The van der Waals surface area contributed by atoms with Gasteiger partial charge in [0, 0.05) is 34.8 Å². The molecule has 2 aromatic rings. The van der Waals surface area contributed by atoms with Gasteiger partial charge in [0.05, 0.1) is 0 Å². The third-order valence-electron chi connectivity index (χ3n) is 2.82. The van der Waals surface area contributed by atoms with Gasteiger partial charge in [-0.15, -0.1) is 0 Å². The van der Waals surface area contributed by atoms with Crippen molar-refractivity contribution < 1.29 is 5.11 Å². The Morgan fingerprint density at radius 2 is 2.12 bits per heavy atom. The SMILES string of the molecule is CC(C)n1cc(CCO)c2cc(Cl)ccc21. The molecule has 0 saturated heterocycles. The zero-order chi connectivity index (χ0) is 11.7. The van der Waals surface area contributed by atoms with Crippen molar-refractivity contribution in [2.24, 2.45) is 0 Å². The fourth-order valence-electron chi connectivity index (χ4n) is 2.04. The second kappa shape index (κ2) is 4.48. The minimum absolute atomic E-state index is 0.170. The fraction of sp³-hybridized carbons (Fsp3) is 0.385. The van der Waals surface area contributed by atoms with Crippen LogP contribution < -0.4 is 0 Å². The summed E-state index contributed by atoms with van der Waals surface area (Å²) >= 11 is 6.01. The monoisotopic (exact) mass is 237 g/mol. The Hall–Kier alpha value is -0.990. The molecule has 1 aromatic heterocycles. The van der Waals surface area contributed by atoms with E-state index in [9.17, 15) is 0 Å². The molecule has 1 N–H and O–H groups in total. The molecule has 0 fully saturated rings. The Labute approximate surface area is 100 Å². The normalized spacial score (nSPS) is 11.6. The number of rotatable bonds is 3. The topological polar surface area (TPSA) is 25.2 Å². The summed E-state index contributed by atoms with van der Waals surface area (Å²) < 4.78 is 2.22. The van der Waals surface area contributed by atoms with E-state index in [2.05, 4.69) is 24.6 Å². The van der Waals surface area contributed by atoms with Crippen molar-refractivity contribution in [2.75, 3.05) is 6.61 Å². The van der Waals surface area contributed by atoms with Crippen LogP contribution in [0.2, 0.25) is 5.02 Å². The van der Waals surface area contributed by atoms with Crippen LogP contribution in [0.25, 0.3) is 10.9 Å². The van der Waals surface area contributed by atoms with Gasteiger partial charge in [-0.05, 0) is 44.0 Å². The number of aliphatic hydroxyl groups is 1. The third-order valence-corrected chi connectivity index (χ3v) is 3.05. The smallest absolute Gasteiger partial charge is 0.0486 e. The molecule has 0 aliphatic rings. The molecular formula is C13H16ClNO. The van der Waals surface area contributed by atoms with Crippen molar-refractivity contribution in [1.29, 1.82) is 0 Å². The van der Waals surface area contributed by atoms with E-state index >= 15 is 0 Å². The number of aliphatic hydroxyl groups excluding tert-OH is 1. The third kappa shape index (κ3) is 1.95. The summed E-state index contributed by atoms with van der Waals surface area (Å²) in [5, 5.41) is 10.9. The van der Waals surface area contributed by atoms with Gasteiger partial charge in [-0.1, -0.05) is 11.6 Å². The summed E-state index contributed by atoms with van der Waals surface area (Å²) in [5.74, 6) is 0. The molecule has 1 aromatic carbocycles. The highest BCUT2D eigenvalue weighted by molar-refractivity contribution is 6.31. The van der Waals surface area contributed by atoms with Gasteiger partial charge in [-0.25, -0.2) is 0 Å². The lowest BCUT2D eigenvalue weighted by atomic mass is 10.1. The van der Waals surface area contributed by atoms with Gasteiger partial charge < -0.3 is 9.67 Å². The molecule has 0 aliphatic carbocycles. The second-order valence-electron chi connectivity index (χ2n) is 4.29. The number of hydrogen-bond acceptors (Lipinski definition) is 1. The first-order valence-electron chi connectivity index (χ1n) is 5.53. The molecule has 16 heavy (non-hydrogen) atoms. The maximum atomic E-state index is 9.05. The van der Waals surface area contributed by atoms with E-state index in [1.807, 2.05) is 18.2 Å². The van der Waals surface area contributed by atoms with Crippen LogP contribution in [0.4, 0.5) is 0 Å². The molecule has 0 amide bonds. The van der Waals surface area contributed by atoms with Gasteiger partial charge in [-0.2, -0.15) is 0 Å². The molecule has 0 saturated carbocycles. The van der Waals surface area contributed by atoms with Crippen molar-refractivity contribution >= 4 is 22.5 Å². The van der Waals surface area contributed by atoms with Crippen LogP contribution in [-0.2, 0) is 6.42 Å². The van der Waals surface area contributed by atoms with Crippen molar-refractivity contribution in [3.05, 3.63) is 35.0 Å². The number of nitrogens with zero attached hydrogens (tertiary/aromatic N) is 1. The largest absolute Gasteiger partial charge is 0.396 e. The van der Waals surface area contributed by atoms with Crippen molar-refractivity contribution in [3.63, 3.8) is 0 Å². The van der Waals surface area contributed by atoms with Gasteiger partial charge in [0.2, 0.25) is 0 Å². The van der Waals surface area contributed by atoms with Gasteiger partial charge >= 0.3 is 0 Å². The van der Waals surface area contributed by atoms with E-state index in [-0.39, 0.29) is 6.61 Å². The van der Waals surface area contributed by atoms with E-state index < -0.39 is 0 Å². The van der Waals surface area contributed by atoms with Gasteiger partial charge in [-0.3, -0.25) is 0 Å². The van der Waals surface area contributed by atoms with E-state index in [0.717, 1.165) is 16.0 Å². The number of benzene rings is 1. The van der Waals surface area contributed by atoms with Crippen molar-refractivity contribution in [3.8, 4) is 0 Å². The van der Waals surface area contributed by atoms with E-state index in [1.165, 1.54) is 5.52 Å². The molecule has 0 unspecified atom stereocenters. The number of halogens is 1. The zero-order valence-electron chi connectivity index (χ0n) is 9.57. The lowest BCUT2D eigenvalue weighted by Crippen LogP contribution is -1.98. The highest BCUT2D eigenvalue weighted by atomic mass is 35.5. The van der Waals surface area contributed by atoms with Crippen molar-refractivity contribution in [2.45, 2.75) is 26.3 Å². The average molecular weight is 238 g/mol. The fourth-order valence-corrected chi connectivity index (χ4v) is 2.22. The van der Waals surface area contributed by atoms with Crippen LogP contribution in [-0.4, -0.2) is 16.3 Å². The zero-order valence-corrected chi connectivity index (χ0v) is 10.3. The predicted octanol–water partition coefficient (Wildman–Crippen LogP) is 3.41. The van der Waals surface area contributed by atoms with Gasteiger partial charge in [0.1, 0.15) is 0 Å².